The predicted octanol–water partition coefficient (Wildman–Crippen LogP) is 5.29. The number of hydrogen-bond acceptors (Lipinski definition) is 6. The van der Waals surface area contributed by atoms with E-state index >= 15 is 0 Å². The van der Waals surface area contributed by atoms with Crippen LogP contribution in [0.5, 0.6) is 0 Å². The van der Waals surface area contributed by atoms with Gasteiger partial charge in [-0.3, -0.25) is 9.59 Å². The molecule has 3 aliphatic rings. The SMILES string of the molecule is C[C@@]12C(=O)N(c3ccc(C#N)c(C(F)(F)F)c3)C(=O)[C@@H]1C1(CCC#N)CCC2(CCOCc2ccccc2)O1. The zero-order chi connectivity index (χ0) is 28.1. The van der Waals surface area contributed by atoms with E-state index < -0.39 is 51.7 Å². The lowest BCUT2D eigenvalue weighted by Crippen LogP contribution is -2.52. The summed E-state index contributed by atoms with van der Waals surface area (Å²) in [4.78, 5) is 28.8. The molecule has 2 bridgehead atoms. The number of rotatable bonds is 8. The van der Waals surface area contributed by atoms with Crippen LogP contribution in [0.2, 0.25) is 0 Å². The highest BCUT2D eigenvalue weighted by Gasteiger charge is 2.81. The van der Waals surface area contributed by atoms with E-state index in [-0.39, 0.29) is 25.1 Å². The van der Waals surface area contributed by atoms with E-state index in [9.17, 15) is 28.0 Å². The monoisotopic (exact) mass is 537 g/mol. The molecular formula is C29H26F3N3O4. The van der Waals surface area contributed by atoms with E-state index in [1.807, 2.05) is 30.3 Å². The van der Waals surface area contributed by atoms with E-state index in [1.165, 1.54) is 12.1 Å². The number of ether oxygens (including phenoxy) is 2. The molecule has 0 radical (unpaired) electrons. The van der Waals surface area contributed by atoms with Crippen molar-refractivity contribution in [1.82, 2.24) is 0 Å². The van der Waals surface area contributed by atoms with Gasteiger partial charge in [0.15, 0.2) is 0 Å². The molecule has 2 unspecified atom stereocenters. The van der Waals surface area contributed by atoms with Crippen molar-refractivity contribution in [3.63, 3.8) is 0 Å². The van der Waals surface area contributed by atoms with Crippen LogP contribution in [0.4, 0.5) is 18.9 Å². The van der Waals surface area contributed by atoms with Gasteiger partial charge >= 0.3 is 6.18 Å². The number of alkyl halides is 3. The van der Waals surface area contributed by atoms with Crippen LogP contribution in [0.15, 0.2) is 48.5 Å². The molecule has 2 aromatic carbocycles. The van der Waals surface area contributed by atoms with Crippen molar-refractivity contribution in [2.75, 3.05) is 11.5 Å². The number of amides is 2. The fourth-order valence-electron chi connectivity index (χ4n) is 6.79. The van der Waals surface area contributed by atoms with Gasteiger partial charge in [-0.05, 0) is 49.9 Å². The fraction of sp³-hybridized carbons (Fsp3) is 0.448. The van der Waals surface area contributed by atoms with Crippen molar-refractivity contribution in [2.45, 2.75) is 63.0 Å². The fourth-order valence-corrected chi connectivity index (χ4v) is 6.79. The third-order valence-corrected chi connectivity index (χ3v) is 8.62. The van der Waals surface area contributed by atoms with Crippen molar-refractivity contribution >= 4 is 17.5 Å². The quantitative estimate of drug-likeness (QED) is 0.335. The molecule has 3 heterocycles. The first-order valence-electron chi connectivity index (χ1n) is 12.7. The molecule has 0 saturated carbocycles. The first-order chi connectivity index (χ1) is 18.5. The second-order valence-electron chi connectivity index (χ2n) is 10.6. The molecule has 2 aromatic rings. The molecule has 0 aliphatic carbocycles. The summed E-state index contributed by atoms with van der Waals surface area (Å²) in [6.45, 7) is 2.24. The molecule has 4 atom stereocenters. The predicted molar refractivity (Wildman–Crippen MR) is 132 cm³/mol. The Morgan fingerprint density at radius 2 is 1.85 bits per heavy atom. The lowest BCUT2D eigenvalue weighted by Gasteiger charge is -2.40. The minimum atomic E-state index is -4.85. The highest BCUT2D eigenvalue weighted by Crippen LogP contribution is 2.70. The molecule has 5 rings (SSSR count). The van der Waals surface area contributed by atoms with Crippen LogP contribution in [-0.4, -0.2) is 29.6 Å². The molecule has 3 fully saturated rings. The summed E-state index contributed by atoms with van der Waals surface area (Å²) in [5.41, 5.74) is -4.60. The van der Waals surface area contributed by atoms with E-state index in [1.54, 1.807) is 6.92 Å². The largest absolute Gasteiger partial charge is 0.417 e. The number of imide groups is 1. The van der Waals surface area contributed by atoms with Crippen molar-refractivity contribution in [3.05, 3.63) is 65.2 Å². The van der Waals surface area contributed by atoms with Crippen molar-refractivity contribution in [2.24, 2.45) is 11.3 Å². The number of nitrogens with zero attached hydrogens (tertiary/aromatic N) is 3. The highest BCUT2D eigenvalue weighted by atomic mass is 19.4. The summed E-state index contributed by atoms with van der Waals surface area (Å²) in [6, 6.07) is 16.0. The Bertz CT molecular complexity index is 1400. The summed E-state index contributed by atoms with van der Waals surface area (Å²) < 4.78 is 53.5. The second-order valence-corrected chi connectivity index (χ2v) is 10.6. The van der Waals surface area contributed by atoms with Crippen LogP contribution in [0.25, 0.3) is 0 Å². The maximum absolute atomic E-state index is 14.1. The lowest BCUT2D eigenvalue weighted by atomic mass is 9.57. The average molecular weight is 538 g/mol. The average Bonchev–Trinajstić information content (AvgIpc) is 3.47. The summed E-state index contributed by atoms with van der Waals surface area (Å²) in [5.74, 6) is -2.25. The van der Waals surface area contributed by atoms with Gasteiger partial charge in [-0.2, -0.15) is 23.7 Å². The third kappa shape index (κ3) is 4.02. The Morgan fingerprint density at radius 3 is 2.51 bits per heavy atom. The molecule has 0 aromatic heterocycles. The topological polar surface area (TPSA) is 103 Å². The molecule has 10 heteroatoms. The molecule has 3 aliphatic heterocycles. The highest BCUT2D eigenvalue weighted by molar-refractivity contribution is 6.25. The minimum absolute atomic E-state index is 0.101. The van der Waals surface area contributed by atoms with E-state index in [0.29, 0.717) is 31.9 Å². The van der Waals surface area contributed by atoms with Gasteiger partial charge < -0.3 is 9.47 Å². The van der Waals surface area contributed by atoms with Gasteiger partial charge in [-0.1, -0.05) is 30.3 Å². The van der Waals surface area contributed by atoms with Crippen LogP contribution in [0.1, 0.15) is 55.7 Å². The summed E-state index contributed by atoms with van der Waals surface area (Å²) in [6.07, 6.45) is -3.32. The molecule has 7 nitrogen and oxygen atoms in total. The van der Waals surface area contributed by atoms with Crippen LogP contribution in [0, 0.1) is 34.0 Å². The Balaban J connectivity index is 1.49. The third-order valence-electron chi connectivity index (χ3n) is 8.62. The van der Waals surface area contributed by atoms with Crippen molar-refractivity contribution in [3.8, 4) is 12.1 Å². The number of halogens is 3. The maximum Gasteiger partial charge on any atom is 0.417 e. The molecule has 3 saturated heterocycles. The van der Waals surface area contributed by atoms with Gasteiger partial charge in [0.05, 0.1) is 58.1 Å². The summed E-state index contributed by atoms with van der Waals surface area (Å²) >= 11 is 0. The molecule has 39 heavy (non-hydrogen) atoms. The maximum atomic E-state index is 14.1. The number of hydrogen-bond donors (Lipinski definition) is 0. The van der Waals surface area contributed by atoms with Gasteiger partial charge in [-0.15, -0.1) is 0 Å². The van der Waals surface area contributed by atoms with E-state index in [2.05, 4.69) is 6.07 Å². The number of nitriles is 2. The second kappa shape index (κ2) is 9.48. The smallest absolute Gasteiger partial charge is 0.377 e. The van der Waals surface area contributed by atoms with E-state index in [0.717, 1.165) is 16.5 Å². The Hall–Kier alpha value is -3.73. The van der Waals surface area contributed by atoms with Gasteiger partial charge in [0.1, 0.15) is 0 Å². The number of fused-ring (bicyclic) bond motifs is 5. The number of carbonyl (C=O) groups is 2. The summed E-state index contributed by atoms with van der Waals surface area (Å²) in [7, 11) is 0. The Labute approximate surface area is 223 Å². The zero-order valence-electron chi connectivity index (χ0n) is 21.3. The molecule has 0 spiro atoms. The van der Waals surface area contributed by atoms with Gasteiger partial charge in [-0.25, -0.2) is 4.90 Å². The number of benzene rings is 2. The molecule has 2 amide bonds. The molecule has 202 valence electrons. The first-order valence-corrected chi connectivity index (χ1v) is 12.7. The zero-order valence-corrected chi connectivity index (χ0v) is 21.3. The normalized spacial score (nSPS) is 29.4. The Kier molecular flexibility index (Phi) is 6.53. The number of carbonyl (C=O) groups excluding carboxylic acids is 2. The van der Waals surface area contributed by atoms with E-state index in [4.69, 9.17) is 14.7 Å². The first kappa shape index (κ1) is 26.9. The van der Waals surface area contributed by atoms with Crippen LogP contribution < -0.4 is 4.90 Å². The van der Waals surface area contributed by atoms with Gasteiger partial charge in [0.2, 0.25) is 11.8 Å². The van der Waals surface area contributed by atoms with Crippen LogP contribution in [-0.2, 0) is 31.8 Å². The number of anilines is 1. The lowest BCUT2D eigenvalue weighted by molar-refractivity contribution is -0.141. The van der Waals surface area contributed by atoms with Gasteiger partial charge in [0.25, 0.3) is 0 Å². The minimum Gasteiger partial charge on any atom is -0.377 e. The standard InChI is InChI=1S/C29H26F3N3O4/c1-26-23(24(36)35(25(26)37)21-9-8-20(17-34)22(16-21)29(30,31)32)27(10-5-14-33)11-12-28(26,39-27)13-15-38-18-19-6-3-2-4-7-19/h2-4,6-9,16,23H,5,10-13,15,18H2,1H3/t23-,26-,27?,28?/m0/s1. The van der Waals surface area contributed by atoms with Crippen molar-refractivity contribution in [1.29, 1.82) is 10.5 Å². The van der Waals surface area contributed by atoms with Crippen LogP contribution in [0.3, 0.4) is 0 Å². The molecule has 0 N–H and O–H groups in total. The Morgan fingerprint density at radius 1 is 1.10 bits per heavy atom. The van der Waals surface area contributed by atoms with Crippen LogP contribution >= 0.6 is 0 Å². The van der Waals surface area contributed by atoms with Crippen molar-refractivity contribution < 1.29 is 32.2 Å². The summed E-state index contributed by atoms with van der Waals surface area (Å²) in [5, 5.41) is 18.4. The van der Waals surface area contributed by atoms with Gasteiger partial charge in [0, 0.05) is 19.4 Å². The molecular weight excluding hydrogens is 511 g/mol.